The molecule has 0 radical (unpaired) electrons. The lowest BCUT2D eigenvalue weighted by Crippen LogP contribution is -2.70. The normalized spacial score (nSPS) is 15.5. The van der Waals surface area contributed by atoms with Crippen molar-refractivity contribution in [2.75, 3.05) is 0 Å². The Bertz CT molecular complexity index is 2330. The topological polar surface area (TPSA) is 25.8 Å². The number of hydrogen-bond donors (Lipinski definition) is 0. The minimum atomic E-state index is -8.91. The van der Waals surface area contributed by atoms with E-state index < -0.39 is 117 Å². The minimum Gasteiger partial charge on any atom is -0.244 e. The molecule has 5 aromatic rings. The average molecular weight is 916 g/mol. The molecule has 5 rings (SSSR count). The van der Waals surface area contributed by atoms with Gasteiger partial charge >= 0.3 is 71.6 Å². The smallest absolute Gasteiger partial charge is 0.244 e. The molecule has 0 N–H and O–H groups in total. The third kappa shape index (κ3) is 5.71. The van der Waals surface area contributed by atoms with Crippen LogP contribution in [0.2, 0.25) is 0 Å². The number of fused-ring (bicyclic) bond motifs is 7. The Morgan fingerprint density at radius 2 is 0.517 bits per heavy atom. The van der Waals surface area contributed by atoms with E-state index in [-0.39, 0.29) is 21.5 Å². The number of alkyl halides is 26. The SMILES string of the molecule is FC(F)(F)C(F)(F)C(F)(F)C(F)(F)C(F)(F)C(F)(F)c1cc2nc3c4ccccc4c4ccccc4c3nc2cc1C(F)(F)C(F)(F)C(F)(F)C(F)(F)C(F)(F)C(F)(F)F. The predicted molar refractivity (Wildman–Crippen MR) is 152 cm³/mol. The van der Waals surface area contributed by atoms with E-state index in [9.17, 15) is 79.0 Å². The van der Waals surface area contributed by atoms with E-state index in [0.717, 1.165) is 12.1 Å². The Morgan fingerprint density at radius 3 is 0.767 bits per heavy atom. The molecule has 1 heterocycles. The van der Waals surface area contributed by atoms with Crippen molar-refractivity contribution in [3.05, 3.63) is 71.8 Å². The van der Waals surface area contributed by atoms with Crippen molar-refractivity contribution < 1.29 is 114 Å². The van der Waals surface area contributed by atoms with Crippen LogP contribution in [-0.2, 0) is 11.8 Å². The van der Waals surface area contributed by atoms with Gasteiger partial charge in [0.1, 0.15) is 0 Å². The van der Waals surface area contributed by atoms with Crippen LogP contribution in [0.1, 0.15) is 11.1 Å². The fourth-order valence-corrected chi connectivity index (χ4v) is 5.72. The number of aromatic nitrogens is 2. The summed E-state index contributed by atoms with van der Waals surface area (Å²) in [6, 6.07) is 7.17. The molecule has 0 unspecified atom stereocenters. The Labute approximate surface area is 311 Å². The molecule has 330 valence electrons. The molecule has 4 aromatic carbocycles. The fraction of sp³-hybridized carbons (Fsp3) is 0.375. The third-order valence-corrected chi connectivity index (χ3v) is 9.00. The maximum absolute atomic E-state index is 15.7. The molecule has 0 atom stereocenters. The first-order valence-electron chi connectivity index (χ1n) is 15.1. The molecule has 60 heavy (non-hydrogen) atoms. The Morgan fingerprint density at radius 1 is 0.283 bits per heavy atom. The molecule has 0 bridgehead atoms. The molecule has 0 aliphatic rings. The maximum atomic E-state index is 15.7. The van der Waals surface area contributed by atoms with Crippen LogP contribution in [0.15, 0.2) is 60.7 Å². The Hall–Kier alpha value is -4.82. The lowest BCUT2D eigenvalue weighted by Gasteiger charge is -2.42. The highest BCUT2D eigenvalue weighted by atomic mass is 19.4. The first-order chi connectivity index (χ1) is 26.6. The number of halogens is 26. The van der Waals surface area contributed by atoms with Crippen molar-refractivity contribution in [3.8, 4) is 0 Å². The Kier molecular flexibility index (Phi) is 9.91. The quantitative estimate of drug-likeness (QED) is 0.0792. The van der Waals surface area contributed by atoms with Gasteiger partial charge in [0.25, 0.3) is 0 Å². The molecule has 28 heteroatoms. The van der Waals surface area contributed by atoms with Gasteiger partial charge in [0.05, 0.1) is 22.1 Å². The van der Waals surface area contributed by atoms with Gasteiger partial charge in [-0.3, -0.25) is 0 Å². The molecular weight excluding hydrogens is 906 g/mol. The number of rotatable bonds is 10. The summed E-state index contributed by atoms with van der Waals surface area (Å²) in [7, 11) is 0. The molecule has 0 aliphatic carbocycles. The van der Waals surface area contributed by atoms with Gasteiger partial charge in [-0.15, -0.1) is 0 Å². The second kappa shape index (κ2) is 12.9. The second-order valence-corrected chi connectivity index (χ2v) is 12.6. The lowest BCUT2D eigenvalue weighted by atomic mass is 9.83. The molecule has 2 nitrogen and oxygen atoms in total. The molecule has 0 saturated heterocycles. The predicted octanol–water partition coefficient (Wildman–Crippen LogP) is 13.5. The van der Waals surface area contributed by atoms with Crippen molar-refractivity contribution in [1.82, 2.24) is 9.97 Å². The van der Waals surface area contributed by atoms with Gasteiger partial charge in [0.2, 0.25) is 0 Å². The summed E-state index contributed by atoms with van der Waals surface area (Å²) >= 11 is 0. The molecule has 0 spiro atoms. The van der Waals surface area contributed by atoms with Crippen molar-refractivity contribution in [2.45, 2.75) is 71.6 Å². The summed E-state index contributed by atoms with van der Waals surface area (Å²) in [6.07, 6.45) is -16.1. The molecule has 0 aliphatic heterocycles. The first kappa shape index (κ1) is 46.2. The van der Waals surface area contributed by atoms with Crippen LogP contribution in [0, 0.1) is 0 Å². The maximum Gasteiger partial charge on any atom is 0.460 e. The lowest BCUT2D eigenvalue weighted by molar-refractivity contribution is -0.444. The summed E-state index contributed by atoms with van der Waals surface area (Å²) in [5, 5.41) is -0.206. The summed E-state index contributed by atoms with van der Waals surface area (Å²) in [4.78, 5) is 7.12. The summed E-state index contributed by atoms with van der Waals surface area (Å²) < 4.78 is 367. The summed E-state index contributed by atoms with van der Waals surface area (Å²) in [6.45, 7) is 0. The average Bonchev–Trinajstić information content (AvgIpc) is 3.12. The van der Waals surface area contributed by atoms with Gasteiger partial charge in [-0.25, -0.2) is 9.97 Å². The molecule has 0 amide bonds. The van der Waals surface area contributed by atoms with Gasteiger partial charge in [-0.1, -0.05) is 48.5 Å². The number of hydrogen-bond acceptors (Lipinski definition) is 2. The van der Waals surface area contributed by atoms with Crippen molar-refractivity contribution in [3.63, 3.8) is 0 Å². The minimum absolute atomic E-state index is 0.0976. The zero-order valence-electron chi connectivity index (χ0n) is 27.5. The standard InChI is InChI=1S/C32H10F26N2/c33-21(34,23(37,38)25(41,42)27(45,46)29(49,50)31(53,54)55)15-9-17-18(60-20-14-8-4-2-6-12(14)11-5-1-3-7-13(11)19(20)59-17)10-16(15)22(35,36)24(39,40)26(43,44)28(47,48)30(51,52)32(56,57)58/h1-10H. The molecular formula is C32H10F26N2. The van der Waals surface area contributed by atoms with Crippen LogP contribution in [-0.4, -0.2) is 69.7 Å². The molecule has 1 aromatic heterocycles. The molecule has 0 saturated carbocycles. The zero-order valence-corrected chi connectivity index (χ0v) is 27.5. The second-order valence-electron chi connectivity index (χ2n) is 12.6. The van der Waals surface area contributed by atoms with Crippen LogP contribution >= 0.6 is 0 Å². The molecule has 0 fully saturated rings. The van der Waals surface area contributed by atoms with Gasteiger partial charge in [0.15, 0.2) is 0 Å². The van der Waals surface area contributed by atoms with Crippen molar-refractivity contribution >= 4 is 43.6 Å². The third-order valence-electron chi connectivity index (χ3n) is 9.00. The van der Waals surface area contributed by atoms with Gasteiger partial charge in [0, 0.05) is 21.9 Å². The van der Waals surface area contributed by atoms with Gasteiger partial charge in [-0.05, 0) is 22.9 Å². The van der Waals surface area contributed by atoms with E-state index in [4.69, 9.17) is 0 Å². The highest BCUT2D eigenvalue weighted by Crippen LogP contribution is 2.66. The van der Waals surface area contributed by atoms with E-state index in [2.05, 4.69) is 9.97 Å². The fourth-order valence-electron chi connectivity index (χ4n) is 5.72. The van der Waals surface area contributed by atoms with Crippen LogP contribution in [0.4, 0.5) is 114 Å². The van der Waals surface area contributed by atoms with Crippen LogP contribution < -0.4 is 0 Å². The Balaban J connectivity index is 1.94. The van der Waals surface area contributed by atoms with Crippen molar-refractivity contribution in [2.24, 2.45) is 0 Å². The van der Waals surface area contributed by atoms with Crippen LogP contribution in [0.3, 0.4) is 0 Å². The van der Waals surface area contributed by atoms with Crippen LogP contribution in [0.5, 0.6) is 0 Å². The zero-order chi connectivity index (χ0) is 46.3. The van der Waals surface area contributed by atoms with E-state index in [1.54, 1.807) is 0 Å². The monoisotopic (exact) mass is 916 g/mol. The summed E-state index contributed by atoms with van der Waals surface area (Å²) in [5.74, 6) is -86.1. The highest BCUT2D eigenvalue weighted by Gasteiger charge is 2.93. The van der Waals surface area contributed by atoms with Gasteiger partial charge < -0.3 is 0 Å². The summed E-state index contributed by atoms with van der Waals surface area (Å²) in [5.41, 5.74) is -13.5. The van der Waals surface area contributed by atoms with E-state index in [1.165, 1.54) is 36.4 Å². The van der Waals surface area contributed by atoms with E-state index in [1.807, 2.05) is 0 Å². The largest absolute Gasteiger partial charge is 0.460 e. The van der Waals surface area contributed by atoms with E-state index >= 15 is 35.1 Å². The first-order valence-corrected chi connectivity index (χ1v) is 15.1. The number of nitrogens with zero attached hydrogens (tertiary/aromatic N) is 2. The van der Waals surface area contributed by atoms with Crippen molar-refractivity contribution in [1.29, 1.82) is 0 Å². The van der Waals surface area contributed by atoms with E-state index in [0.29, 0.717) is 0 Å². The van der Waals surface area contributed by atoms with Crippen LogP contribution in [0.25, 0.3) is 43.6 Å². The highest BCUT2D eigenvalue weighted by molar-refractivity contribution is 6.23. The number of benzene rings is 4. The van der Waals surface area contributed by atoms with Gasteiger partial charge in [-0.2, -0.15) is 114 Å².